The van der Waals surface area contributed by atoms with E-state index in [2.05, 4.69) is 0 Å². The molecule has 1 unspecified atom stereocenters. The van der Waals surface area contributed by atoms with Gasteiger partial charge in [0.2, 0.25) is 5.91 Å². The molecule has 1 saturated heterocycles. The van der Waals surface area contributed by atoms with Crippen LogP contribution in [0.15, 0.2) is 23.1 Å². The van der Waals surface area contributed by atoms with Crippen LogP contribution < -0.4 is 9.47 Å². The fourth-order valence-corrected chi connectivity index (χ4v) is 3.79. The van der Waals surface area contributed by atoms with E-state index >= 15 is 0 Å². The monoisotopic (exact) mass is 351 g/mol. The highest BCUT2D eigenvalue weighted by atomic mass is 32.2. The van der Waals surface area contributed by atoms with Crippen molar-refractivity contribution in [2.24, 2.45) is 0 Å². The third-order valence-electron chi connectivity index (χ3n) is 4.28. The standard InChI is InChI=1S/C18H25NO4S/c1-19(13-14-4-2-3-8-21-14)18(20)7-11-24-15-5-6-16-17(12-15)23-10-9-22-16/h5-6,12,14H,2-4,7-11,13H2,1H3. The Morgan fingerprint density at radius 3 is 2.83 bits per heavy atom. The number of hydrogen-bond acceptors (Lipinski definition) is 5. The second-order valence-corrected chi connectivity index (χ2v) is 7.34. The third kappa shape index (κ3) is 4.80. The smallest absolute Gasteiger partial charge is 0.223 e. The van der Waals surface area contributed by atoms with E-state index in [-0.39, 0.29) is 12.0 Å². The molecular weight excluding hydrogens is 326 g/mol. The first-order valence-electron chi connectivity index (χ1n) is 8.60. The summed E-state index contributed by atoms with van der Waals surface area (Å²) in [4.78, 5) is 15.2. The average molecular weight is 351 g/mol. The number of carbonyl (C=O) groups excluding carboxylic acids is 1. The molecule has 0 aliphatic carbocycles. The van der Waals surface area contributed by atoms with Crippen molar-refractivity contribution in [3.8, 4) is 11.5 Å². The van der Waals surface area contributed by atoms with Gasteiger partial charge in [-0.2, -0.15) is 0 Å². The van der Waals surface area contributed by atoms with E-state index < -0.39 is 0 Å². The Bertz CT molecular complexity index is 560. The van der Waals surface area contributed by atoms with Gasteiger partial charge in [0, 0.05) is 37.3 Å². The molecule has 5 nitrogen and oxygen atoms in total. The predicted molar refractivity (Wildman–Crippen MR) is 94.0 cm³/mol. The molecule has 132 valence electrons. The maximum absolute atomic E-state index is 12.3. The van der Waals surface area contributed by atoms with E-state index in [1.54, 1.807) is 16.7 Å². The minimum atomic E-state index is 0.175. The molecule has 3 rings (SSSR count). The molecule has 1 fully saturated rings. The zero-order valence-electron chi connectivity index (χ0n) is 14.2. The third-order valence-corrected chi connectivity index (χ3v) is 5.27. The molecule has 0 bridgehead atoms. The van der Waals surface area contributed by atoms with Crippen LogP contribution in [0.1, 0.15) is 25.7 Å². The molecule has 2 heterocycles. The lowest BCUT2D eigenvalue weighted by Gasteiger charge is -2.27. The van der Waals surface area contributed by atoms with Gasteiger partial charge in [0.1, 0.15) is 13.2 Å². The first-order chi connectivity index (χ1) is 11.7. The molecule has 0 saturated carbocycles. The number of thioether (sulfide) groups is 1. The number of fused-ring (bicyclic) bond motifs is 1. The van der Waals surface area contributed by atoms with Crippen LogP contribution in [0.3, 0.4) is 0 Å². The maximum Gasteiger partial charge on any atom is 0.223 e. The fraction of sp³-hybridized carbons (Fsp3) is 0.611. The molecule has 0 radical (unpaired) electrons. The van der Waals surface area contributed by atoms with Crippen molar-refractivity contribution in [1.82, 2.24) is 4.90 Å². The number of amides is 1. The van der Waals surface area contributed by atoms with Crippen LogP contribution in [0.2, 0.25) is 0 Å². The van der Waals surface area contributed by atoms with Gasteiger partial charge in [0.15, 0.2) is 11.5 Å². The van der Waals surface area contributed by atoms with Crippen LogP contribution in [-0.2, 0) is 9.53 Å². The van der Waals surface area contributed by atoms with Gasteiger partial charge in [-0.25, -0.2) is 0 Å². The Morgan fingerprint density at radius 2 is 2.04 bits per heavy atom. The number of ether oxygens (including phenoxy) is 3. The molecule has 24 heavy (non-hydrogen) atoms. The molecule has 0 spiro atoms. The van der Waals surface area contributed by atoms with Crippen molar-refractivity contribution >= 4 is 17.7 Å². The highest BCUT2D eigenvalue weighted by Crippen LogP contribution is 2.34. The van der Waals surface area contributed by atoms with Crippen LogP contribution in [0.4, 0.5) is 0 Å². The molecule has 2 aliphatic rings. The molecule has 1 aromatic carbocycles. The number of nitrogens with zero attached hydrogens (tertiary/aromatic N) is 1. The molecule has 2 aliphatic heterocycles. The Morgan fingerprint density at radius 1 is 1.21 bits per heavy atom. The summed E-state index contributed by atoms with van der Waals surface area (Å²) in [7, 11) is 1.87. The maximum atomic E-state index is 12.3. The largest absolute Gasteiger partial charge is 0.486 e. The van der Waals surface area contributed by atoms with Crippen LogP contribution in [0.5, 0.6) is 11.5 Å². The van der Waals surface area contributed by atoms with Gasteiger partial charge in [0.05, 0.1) is 6.10 Å². The summed E-state index contributed by atoms with van der Waals surface area (Å²) in [5, 5.41) is 0. The van der Waals surface area contributed by atoms with Gasteiger partial charge < -0.3 is 19.1 Å². The highest BCUT2D eigenvalue weighted by Gasteiger charge is 2.18. The number of hydrogen-bond donors (Lipinski definition) is 0. The topological polar surface area (TPSA) is 48.0 Å². The summed E-state index contributed by atoms with van der Waals surface area (Å²) in [6.45, 7) is 2.72. The second-order valence-electron chi connectivity index (χ2n) is 6.17. The van der Waals surface area contributed by atoms with E-state index in [1.807, 2.05) is 25.2 Å². The van der Waals surface area contributed by atoms with Crippen molar-refractivity contribution in [3.05, 3.63) is 18.2 Å². The zero-order chi connectivity index (χ0) is 16.8. The lowest BCUT2D eigenvalue weighted by atomic mass is 10.1. The van der Waals surface area contributed by atoms with E-state index in [1.165, 1.54) is 6.42 Å². The van der Waals surface area contributed by atoms with Crippen LogP contribution in [0, 0.1) is 0 Å². The molecular formula is C18H25NO4S. The first kappa shape index (κ1) is 17.4. The van der Waals surface area contributed by atoms with E-state index in [9.17, 15) is 4.79 Å². The predicted octanol–water partition coefficient (Wildman–Crippen LogP) is 2.97. The van der Waals surface area contributed by atoms with E-state index in [0.717, 1.165) is 41.6 Å². The van der Waals surface area contributed by atoms with Gasteiger partial charge in [-0.05, 0) is 37.5 Å². The number of likely N-dealkylation sites (N-methyl/N-ethyl adjacent to an activating group) is 1. The average Bonchev–Trinajstić information content (AvgIpc) is 2.62. The van der Waals surface area contributed by atoms with Gasteiger partial charge in [0.25, 0.3) is 0 Å². The molecule has 0 N–H and O–H groups in total. The van der Waals surface area contributed by atoms with Gasteiger partial charge >= 0.3 is 0 Å². The number of rotatable bonds is 6. The van der Waals surface area contributed by atoms with Crippen molar-refractivity contribution < 1.29 is 19.0 Å². The Labute approximate surface area is 147 Å². The minimum absolute atomic E-state index is 0.175. The highest BCUT2D eigenvalue weighted by molar-refractivity contribution is 7.99. The summed E-state index contributed by atoms with van der Waals surface area (Å²) >= 11 is 1.67. The molecule has 0 aromatic heterocycles. The van der Waals surface area contributed by atoms with Gasteiger partial charge in [-0.3, -0.25) is 4.79 Å². The summed E-state index contributed by atoms with van der Waals surface area (Å²) in [6.07, 6.45) is 4.14. The summed E-state index contributed by atoms with van der Waals surface area (Å²) in [5.41, 5.74) is 0. The number of benzene rings is 1. The van der Waals surface area contributed by atoms with Crippen LogP contribution in [-0.4, -0.2) is 56.1 Å². The zero-order valence-corrected chi connectivity index (χ0v) is 15.0. The van der Waals surface area contributed by atoms with E-state index in [0.29, 0.717) is 26.2 Å². The summed E-state index contributed by atoms with van der Waals surface area (Å²) in [5.74, 6) is 2.53. The van der Waals surface area contributed by atoms with Crippen molar-refractivity contribution in [3.63, 3.8) is 0 Å². The molecule has 6 heteroatoms. The summed E-state index contributed by atoms with van der Waals surface area (Å²) < 4.78 is 16.8. The van der Waals surface area contributed by atoms with Crippen molar-refractivity contribution in [2.75, 3.05) is 39.2 Å². The number of carbonyl (C=O) groups is 1. The minimum Gasteiger partial charge on any atom is -0.486 e. The second kappa shape index (κ2) is 8.62. The molecule has 1 amide bonds. The Balaban J connectivity index is 1.41. The quantitative estimate of drug-likeness (QED) is 0.738. The van der Waals surface area contributed by atoms with Gasteiger partial charge in [-0.15, -0.1) is 11.8 Å². The van der Waals surface area contributed by atoms with Crippen molar-refractivity contribution in [1.29, 1.82) is 0 Å². The van der Waals surface area contributed by atoms with Crippen LogP contribution >= 0.6 is 11.8 Å². The Kier molecular flexibility index (Phi) is 6.26. The lowest BCUT2D eigenvalue weighted by Crippen LogP contribution is -2.37. The lowest BCUT2D eigenvalue weighted by molar-refractivity contribution is -0.131. The van der Waals surface area contributed by atoms with Crippen LogP contribution in [0.25, 0.3) is 0 Å². The Hall–Kier alpha value is -1.40. The summed E-state index contributed by atoms with van der Waals surface area (Å²) in [6, 6.07) is 5.94. The van der Waals surface area contributed by atoms with E-state index in [4.69, 9.17) is 14.2 Å². The van der Waals surface area contributed by atoms with Crippen molar-refractivity contribution in [2.45, 2.75) is 36.7 Å². The first-order valence-corrected chi connectivity index (χ1v) is 9.59. The fourth-order valence-electron chi connectivity index (χ4n) is 2.92. The molecule has 1 aromatic rings. The molecule has 1 atom stereocenters. The SMILES string of the molecule is CN(CC1CCCCO1)C(=O)CCSc1ccc2c(c1)OCCO2. The van der Waals surface area contributed by atoms with Gasteiger partial charge in [-0.1, -0.05) is 0 Å². The normalized spacial score (nSPS) is 19.8.